The van der Waals surface area contributed by atoms with Gasteiger partial charge in [-0.3, -0.25) is 9.89 Å². The highest BCUT2D eigenvalue weighted by molar-refractivity contribution is 6.00. The van der Waals surface area contributed by atoms with Crippen LogP contribution in [-0.2, 0) is 4.74 Å². The summed E-state index contributed by atoms with van der Waals surface area (Å²) in [6.07, 6.45) is 0.820. The molecule has 1 aliphatic rings. The lowest BCUT2D eigenvalue weighted by Gasteiger charge is -2.27. The van der Waals surface area contributed by atoms with Crippen molar-refractivity contribution < 1.29 is 24.1 Å². The molecule has 2 heterocycles. The van der Waals surface area contributed by atoms with Crippen LogP contribution in [0.5, 0.6) is 17.2 Å². The molecule has 0 aliphatic carbocycles. The Kier molecular flexibility index (Phi) is 7.31. The second-order valence-corrected chi connectivity index (χ2v) is 8.90. The first-order valence-electron chi connectivity index (χ1n) is 12.0. The number of nitrogens with zero attached hydrogens (tertiary/aromatic N) is 2. The van der Waals surface area contributed by atoms with Gasteiger partial charge in [-0.2, -0.15) is 5.10 Å². The maximum atomic E-state index is 13.5. The zero-order chi connectivity index (χ0) is 25.1. The summed E-state index contributed by atoms with van der Waals surface area (Å²) in [6, 6.07) is 10.7. The van der Waals surface area contributed by atoms with E-state index in [2.05, 4.69) is 10.2 Å². The van der Waals surface area contributed by atoms with Crippen LogP contribution in [0.4, 0.5) is 0 Å². The van der Waals surface area contributed by atoms with Crippen molar-refractivity contribution in [2.45, 2.75) is 46.3 Å². The largest absolute Gasteiger partial charge is 0.507 e. The average molecular weight is 480 g/mol. The quantitative estimate of drug-likeness (QED) is 0.403. The number of benzene rings is 2. The number of ether oxygens (including phenoxy) is 3. The summed E-state index contributed by atoms with van der Waals surface area (Å²) in [5.41, 5.74) is 4.18. The lowest BCUT2D eigenvalue weighted by Crippen LogP contribution is -2.31. The SMILES string of the molecule is CCOc1ccc(C2c3c(-c4cc(C)ccc4O)n[nH]c3C(=O)N2CCCOC(C)C)cc1OC. The fraction of sp³-hybridized carbons (Fsp3) is 0.407. The number of nitrogens with one attached hydrogen (secondary N) is 1. The highest BCUT2D eigenvalue weighted by atomic mass is 16.5. The van der Waals surface area contributed by atoms with Crippen LogP contribution in [0.3, 0.4) is 0 Å². The molecule has 35 heavy (non-hydrogen) atoms. The monoisotopic (exact) mass is 479 g/mol. The number of carbonyl (C=O) groups is 1. The fourth-order valence-electron chi connectivity index (χ4n) is 4.50. The molecule has 0 saturated carbocycles. The van der Waals surface area contributed by atoms with Crippen LogP contribution in [0.15, 0.2) is 36.4 Å². The van der Waals surface area contributed by atoms with Crippen LogP contribution in [0, 0.1) is 6.92 Å². The molecular formula is C27H33N3O5. The normalized spacial score (nSPS) is 15.1. The Balaban J connectivity index is 1.80. The fourth-order valence-corrected chi connectivity index (χ4v) is 4.50. The number of methoxy groups -OCH3 is 1. The molecule has 2 N–H and O–H groups in total. The Hall–Kier alpha value is -3.52. The lowest BCUT2D eigenvalue weighted by molar-refractivity contribution is 0.0601. The van der Waals surface area contributed by atoms with E-state index in [1.165, 1.54) is 0 Å². The Morgan fingerprint density at radius 3 is 2.69 bits per heavy atom. The van der Waals surface area contributed by atoms with Crippen molar-refractivity contribution >= 4 is 5.91 Å². The molecular weight excluding hydrogens is 446 g/mol. The van der Waals surface area contributed by atoms with Crippen LogP contribution >= 0.6 is 0 Å². The first kappa shape index (κ1) is 24.6. The number of rotatable bonds is 10. The van der Waals surface area contributed by atoms with E-state index >= 15 is 0 Å². The van der Waals surface area contributed by atoms with Crippen LogP contribution in [0.1, 0.15) is 60.4 Å². The number of aryl methyl sites for hydroxylation is 1. The van der Waals surface area contributed by atoms with Crippen LogP contribution in [0.2, 0.25) is 0 Å². The third-order valence-corrected chi connectivity index (χ3v) is 6.07. The molecule has 1 atom stereocenters. The second kappa shape index (κ2) is 10.4. The maximum Gasteiger partial charge on any atom is 0.273 e. The molecule has 1 unspecified atom stereocenters. The predicted molar refractivity (Wildman–Crippen MR) is 133 cm³/mol. The minimum atomic E-state index is -0.408. The number of amides is 1. The van der Waals surface area contributed by atoms with E-state index in [1.807, 2.05) is 62.9 Å². The summed E-state index contributed by atoms with van der Waals surface area (Å²) in [5.74, 6) is 1.22. The van der Waals surface area contributed by atoms with E-state index in [4.69, 9.17) is 14.2 Å². The number of phenols is 1. The summed E-state index contributed by atoms with van der Waals surface area (Å²) in [4.78, 5) is 15.4. The molecule has 0 saturated heterocycles. The number of aromatic hydroxyl groups is 1. The van der Waals surface area contributed by atoms with E-state index in [-0.39, 0.29) is 17.8 Å². The molecule has 1 aliphatic heterocycles. The van der Waals surface area contributed by atoms with E-state index in [9.17, 15) is 9.90 Å². The summed E-state index contributed by atoms with van der Waals surface area (Å²) in [5, 5.41) is 18.0. The molecule has 3 aromatic rings. The first-order valence-corrected chi connectivity index (χ1v) is 12.0. The van der Waals surface area contributed by atoms with Crippen LogP contribution < -0.4 is 9.47 Å². The predicted octanol–water partition coefficient (Wildman–Crippen LogP) is 4.86. The van der Waals surface area contributed by atoms with Crippen molar-refractivity contribution in [3.8, 4) is 28.5 Å². The molecule has 0 bridgehead atoms. The number of fused-ring (bicyclic) bond motifs is 1. The molecule has 0 radical (unpaired) electrons. The Morgan fingerprint density at radius 1 is 1.17 bits per heavy atom. The zero-order valence-electron chi connectivity index (χ0n) is 20.9. The molecule has 8 heteroatoms. The molecule has 0 spiro atoms. The van der Waals surface area contributed by atoms with Crippen LogP contribution in [-0.4, -0.2) is 59.1 Å². The average Bonchev–Trinajstić information content (AvgIpc) is 3.37. The number of carbonyl (C=O) groups excluding carboxylic acids is 1. The van der Waals surface area contributed by atoms with Crippen LogP contribution in [0.25, 0.3) is 11.3 Å². The summed E-state index contributed by atoms with van der Waals surface area (Å²) >= 11 is 0. The van der Waals surface area contributed by atoms with Gasteiger partial charge in [0.15, 0.2) is 11.5 Å². The second-order valence-electron chi connectivity index (χ2n) is 8.90. The maximum absolute atomic E-state index is 13.5. The van der Waals surface area contributed by atoms with Crippen molar-refractivity contribution in [2.75, 3.05) is 26.9 Å². The highest BCUT2D eigenvalue weighted by Gasteiger charge is 2.42. The van der Waals surface area contributed by atoms with Gasteiger partial charge < -0.3 is 24.2 Å². The van der Waals surface area contributed by atoms with E-state index in [1.54, 1.807) is 13.2 Å². The van der Waals surface area contributed by atoms with Gasteiger partial charge in [0, 0.05) is 24.3 Å². The zero-order valence-corrected chi connectivity index (χ0v) is 20.9. The van der Waals surface area contributed by atoms with Gasteiger partial charge in [-0.25, -0.2) is 0 Å². The number of hydrogen-bond acceptors (Lipinski definition) is 6. The van der Waals surface area contributed by atoms with Gasteiger partial charge in [0.1, 0.15) is 17.1 Å². The Labute approximate surface area is 205 Å². The minimum absolute atomic E-state index is 0.115. The van der Waals surface area contributed by atoms with Gasteiger partial charge in [-0.1, -0.05) is 17.7 Å². The van der Waals surface area contributed by atoms with Crippen molar-refractivity contribution in [3.63, 3.8) is 0 Å². The van der Waals surface area contributed by atoms with Crippen molar-refractivity contribution in [3.05, 3.63) is 58.8 Å². The molecule has 0 fully saturated rings. The lowest BCUT2D eigenvalue weighted by atomic mass is 9.94. The van der Waals surface area contributed by atoms with Gasteiger partial charge in [-0.15, -0.1) is 0 Å². The molecule has 4 rings (SSSR count). The smallest absolute Gasteiger partial charge is 0.273 e. The van der Waals surface area contributed by atoms with Gasteiger partial charge in [0.25, 0.3) is 5.91 Å². The summed E-state index contributed by atoms with van der Waals surface area (Å²) in [6.45, 7) is 9.44. The topological polar surface area (TPSA) is 96.9 Å². The van der Waals surface area contributed by atoms with Gasteiger partial charge in [0.05, 0.1) is 25.9 Å². The summed E-state index contributed by atoms with van der Waals surface area (Å²) < 4.78 is 17.0. The number of aromatic amines is 1. The number of hydrogen-bond donors (Lipinski definition) is 2. The molecule has 1 amide bonds. The van der Waals surface area contributed by atoms with Gasteiger partial charge >= 0.3 is 0 Å². The number of H-pyrrole nitrogens is 1. The van der Waals surface area contributed by atoms with Crippen molar-refractivity contribution in [2.24, 2.45) is 0 Å². The molecule has 1 aromatic heterocycles. The van der Waals surface area contributed by atoms with E-state index in [0.717, 1.165) is 16.7 Å². The van der Waals surface area contributed by atoms with E-state index in [0.29, 0.717) is 54.6 Å². The number of aromatic nitrogens is 2. The standard InChI is InChI=1S/C27H33N3O5/c1-6-34-21-11-9-18(15-22(21)33-5)26-23-24(19-14-17(4)8-10-20(19)31)28-29-25(23)27(32)30(26)12-7-13-35-16(2)3/h8-11,14-16,26,31H,6-7,12-13H2,1-5H3,(H,28,29). The molecule has 186 valence electrons. The minimum Gasteiger partial charge on any atom is -0.507 e. The van der Waals surface area contributed by atoms with Gasteiger partial charge in [-0.05, 0) is 63.9 Å². The third-order valence-electron chi connectivity index (χ3n) is 6.07. The highest BCUT2D eigenvalue weighted by Crippen LogP contribution is 2.46. The Bertz CT molecular complexity index is 1200. The van der Waals surface area contributed by atoms with Crippen molar-refractivity contribution in [1.82, 2.24) is 15.1 Å². The van der Waals surface area contributed by atoms with E-state index < -0.39 is 6.04 Å². The third kappa shape index (κ3) is 4.84. The number of phenolic OH excluding ortho intramolecular Hbond substituents is 1. The van der Waals surface area contributed by atoms with Gasteiger partial charge in [0.2, 0.25) is 0 Å². The molecule has 2 aromatic carbocycles. The first-order chi connectivity index (χ1) is 16.8. The summed E-state index contributed by atoms with van der Waals surface area (Å²) in [7, 11) is 1.60. The van der Waals surface area contributed by atoms with Crippen molar-refractivity contribution in [1.29, 1.82) is 0 Å². The molecule has 8 nitrogen and oxygen atoms in total. The Morgan fingerprint density at radius 2 is 1.97 bits per heavy atom.